The van der Waals surface area contributed by atoms with Crippen molar-refractivity contribution in [2.45, 2.75) is 96.0 Å². The van der Waals surface area contributed by atoms with Gasteiger partial charge in [-0.05, 0) is 58.7 Å². The first kappa shape index (κ1) is 33.7. The summed E-state index contributed by atoms with van der Waals surface area (Å²) >= 11 is 0. The lowest BCUT2D eigenvalue weighted by molar-refractivity contribution is -0.149. The fourth-order valence-electron chi connectivity index (χ4n) is 5.11. The first-order valence-electron chi connectivity index (χ1n) is 14.7. The molecule has 4 rings (SSSR count). The molecule has 1 aromatic carbocycles. The molecule has 13 nitrogen and oxygen atoms in total. The van der Waals surface area contributed by atoms with Crippen LogP contribution in [0.2, 0.25) is 0 Å². The molecule has 0 unspecified atom stereocenters. The molecule has 1 aliphatic carbocycles. The summed E-state index contributed by atoms with van der Waals surface area (Å²) in [5.41, 5.74) is -3.41. The Labute approximate surface area is 255 Å². The van der Waals surface area contributed by atoms with Gasteiger partial charge in [-0.3, -0.25) is 18.7 Å². The van der Waals surface area contributed by atoms with Crippen molar-refractivity contribution < 1.29 is 42.2 Å². The molecule has 1 amide bonds. The summed E-state index contributed by atoms with van der Waals surface area (Å²) in [6.07, 6.45) is 0.472. The van der Waals surface area contributed by atoms with Crippen LogP contribution in [0.3, 0.4) is 0 Å². The average Bonchev–Trinajstić information content (AvgIpc) is 3.20. The molecule has 44 heavy (non-hydrogen) atoms. The van der Waals surface area contributed by atoms with Gasteiger partial charge in [0.15, 0.2) is 11.9 Å². The average molecular weight is 639 g/mol. The molecule has 0 spiro atoms. The van der Waals surface area contributed by atoms with Gasteiger partial charge in [-0.25, -0.2) is 13.8 Å². The van der Waals surface area contributed by atoms with Crippen molar-refractivity contribution in [2.24, 2.45) is 5.92 Å². The first-order chi connectivity index (χ1) is 20.8. The Kier molecular flexibility index (Phi) is 11.0. The van der Waals surface area contributed by atoms with Gasteiger partial charge in [-0.2, -0.15) is 10.1 Å². The number of halogens is 1. The fraction of sp³-hybridized carbons (Fsp3) is 0.586. The SMILES string of the molecule is CC(C)OC(=O)[C@H](C)N[P@](=O)(OC[C@H]1O[C@@H](n2ccc(NC(=O)C3CCCCC3)nc2=O)[C@](C)(F)[C@@H]1O)Oc1ccccc1. The summed E-state index contributed by atoms with van der Waals surface area (Å²) in [5.74, 6) is -0.911. The molecule has 1 saturated heterocycles. The van der Waals surface area contributed by atoms with Crippen LogP contribution in [0.25, 0.3) is 0 Å². The molecule has 1 aliphatic heterocycles. The van der Waals surface area contributed by atoms with Crippen LogP contribution in [0.4, 0.5) is 10.2 Å². The lowest BCUT2D eigenvalue weighted by atomic mass is 9.89. The van der Waals surface area contributed by atoms with Gasteiger partial charge in [0.05, 0.1) is 12.7 Å². The summed E-state index contributed by atoms with van der Waals surface area (Å²) < 4.78 is 52.5. The number of aromatic nitrogens is 2. The minimum Gasteiger partial charge on any atom is -0.462 e. The van der Waals surface area contributed by atoms with Crippen molar-refractivity contribution in [3.05, 3.63) is 53.1 Å². The van der Waals surface area contributed by atoms with E-state index in [4.69, 9.17) is 18.5 Å². The Hall–Kier alpha value is -3.16. The third-order valence-electron chi connectivity index (χ3n) is 7.46. The maximum absolute atomic E-state index is 15.9. The number of esters is 1. The smallest absolute Gasteiger partial charge is 0.459 e. The van der Waals surface area contributed by atoms with Crippen LogP contribution >= 0.6 is 7.75 Å². The Bertz CT molecular complexity index is 1400. The quantitative estimate of drug-likeness (QED) is 0.228. The second kappa shape index (κ2) is 14.3. The predicted octanol–water partition coefficient (Wildman–Crippen LogP) is 3.88. The van der Waals surface area contributed by atoms with Crippen LogP contribution in [0.1, 0.15) is 66.0 Å². The number of anilines is 1. The monoisotopic (exact) mass is 638 g/mol. The summed E-state index contributed by atoms with van der Waals surface area (Å²) in [5, 5.41) is 16.0. The fourth-order valence-corrected chi connectivity index (χ4v) is 6.61. The zero-order valence-electron chi connectivity index (χ0n) is 25.2. The highest BCUT2D eigenvalue weighted by Gasteiger charge is 2.56. The van der Waals surface area contributed by atoms with E-state index in [0.717, 1.165) is 43.6 Å². The molecule has 2 aromatic rings. The highest BCUT2D eigenvalue weighted by atomic mass is 31.2. The Morgan fingerprint density at radius 3 is 2.50 bits per heavy atom. The zero-order chi connectivity index (χ0) is 32.1. The number of carbonyl (C=O) groups excluding carboxylic acids is 2. The van der Waals surface area contributed by atoms with Crippen molar-refractivity contribution >= 4 is 25.4 Å². The van der Waals surface area contributed by atoms with Gasteiger partial charge in [0.1, 0.15) is 29.8 Å². The number of hydrogen-bond donors (Lipinski definition) is 3. The summed E-state index contributed by atoms with van der Waals surface area (Å²) in [6.45, 7) is 5.14. The molecule has 6 atom stereocenters. The van der Waals surface area contributed by atoms with Crippen molar-refractivity contribution in [1.29, 1.82) is 0 Å². The van der Waals surface area contributed by atoms with Crippen LogP contribution < -0.4 is 20.6 Å². The topological polar surface area (TPSA) is 167 Å². The summed E-state index contributed by atoms with van der Waals surface area (Å²) in [7, 11) is -4.33. The summed E-state index contributed by atoms with van der Waals surface area (Å²) in [4.78, 5) is 41.7. The standard InChI is InChI=1S/C29H40FN4O9P/c1-18(2)41-26(37)19(3)33-44(39,43-21-13-9-6-10-14-21)40-17-22-24(35)29(4,30)27(42-22)34-16-15-23(32-28(34)38)31-25(36)20-11-7-5-8-12-20/h6,9-10,13-16,18-20,22,24,27,35H,5,7-8,11-12,17H2,1-4H3,(H,33,39)(H,31,32,36,38)/t19-,22+,24+,27+,29+,44-/m0/s1. The molecule has 15 heteroatoms. The number of rotatable bonds is 12. The largest absolute Gasteiger partial charge is 0.462 e. The van der Waals surface area contributed by atoms with Crippen molar-refractivity contribution in [3.8, 4) is 5.75 Å². The maximum Gasteiger partial charge on any atom is 0.459 e. The number of nitrogens with one attached hydrogen (secondary N) is 2. The molecular weight excluding hydrogens is 598 g/mol. The van der Waals surface area contributed by atoms with Gasteiger partial charge < -0.3 is 24.4 Å². The van der Waals surface area contributed by atoms with Crippen LogP contribution in [0.15, 0.2) is 47.4 Å². The van der Waals surface area contributed by atoms with Gasteiger partial charge in [0.2, 0.25) is 5.91 Å². The van der Waals surface area contributed by atoms with E-state index in [1.807, 2.05) is 0 Å². The van der Waals surface area contributed by atoms with E-state index in [1.54, 1.807) is 32.0 Å². The van der Waals surface area contributed by atoms with Gasteiger partial charge in [0, 0.05) is 12.1 Å². The third kappa shape index (κ3) is 8.30. The summed E-state index contributed by atoms with van der Waals surface area (Å²) in [6, 6.07) is 8.25. The maximum atomic E-state index is 15.9. The van der Waals surface area contributed by atoms with Crippen LogP contribution in [-0.2, 0) is 28.2 Å². The highest BCUT2D eigenvalue weighted by Crippen LogP contribution is 2.47. The molecule has 0 bridgehead atoms. The number of carbonyl (C=O) groups is 2. The van der Waals surface area contributed by atoms with E-state index in [9.17, 15) is 24.1 Å². The van der Waals surface area contributed by atoms with Crippen LogP contribution in [0.5, 0.6) is 5.75 Å². The van der Waals surface area contributed by atoms with Gasteiger partial charge in [0.25, 0.3) is 0 Å². The molecule has 1 saturated carbocycles. The number of ether oxygens (including phenoxy) is 2. The molecule has 242 valence electrons. The minimum absolute atomic E-state index is 0.0241. The second-order valence-electron chi connectivity index (χ2n) is 11.5. The normalized spacial score (nSPS) is 26.1. The number of benzene rings is 1. The number of hydrogen-bond acceptors (Lipinski definition) is 10. The number of amides is 1. The van der Waals surface area contributed by atoms with Crippen molar-refractivity contribution in [3.63, 3.8) is 0 Å². The van der Waals surface area contributed by atoms with Crippen molar-refractivity contribution in [2.75, 3.05) is 11.9 Å². The van der Waals surface area contributed by atoms with Gasteiger partial charge in [-0.1, -0.05) is 37.5 Å². The minimum atomic E-state index is -4.33. The molecule has 2 aliphatic rings. The molecule has 2 heterocycles. The Morgan fingerprint density at radius 2 is 1.86 bits per heavy atom. The van der Waals surface area contributed by atoms with E-state index in [-0.39, 0.29) is 23.4 Å². The number of aliphatic hydroxyl groups excluding tert-OH is 1. The molecular formula is C29H40FN4O9P. The lowest BCUT2D eigenvalue weighted by Crippen LogP contribution is -2.43. The third-order valence-corrected chi connectivity index (χ3v) is 9.11. The number of aliphatic hydroxyl groups is 1. The van der Waals surface area contributed by atoms with Crippen LogP contribution in [0, 0.1) is 5.92 Å². The molecule has 2 fully saturated rings. The van der Waals surface area contributed by atoms with Crippen molar-refractivity contribution in [1.82, 2.24) is 14.6 Å². The first-order valence-corrected chi connectivity index (χ1v) is 16.2. The number of para-hydroxylation sites is 1. The highest BCUT2D eigenvalue weighted by molar-refractivity contribution is 7.52. The number of alkyl halides is 1. The second-order valence-corrected chi connectivity index (χ2v) is 13.2. The predicted molar refractivity (Wildman–Crippen MR) is 158 cm³/mol. The lowest BCUT2D eigenvalue weighted by Gasteiger charge is -2.25. The van der Waals surface area contributed by atoms with E-state index >= 15 is 4.39 Å². The van der Waals surface area contributed by atoms with E-state index in [0.29, 0.717) is 0 Å². The molecule has 1 aromatic heterocycles. The Morgan fingerprint density at radius 1 is 1.18 bits per heavy atom. The zero-order valence-corrected chi connectivity index (χ0v) is 26.1. The van der Waals surface area contributed by atoms with E-state index in [2.05, 4.69) is 15.4 Å². The molecule has 0 radical (unpaired) electrons. The van der Waals surface area contributed by atoms with Gasteiger partial charge in [-0.15, -0.1) is 0 Å². The van der Waals surface area contributed by atoms with Crippen LogP contribution in [-0.4, -0.2) is 63.2 Å². The van der Waals surface area contributed by atoms with E-state index in [1.165, 1.54) is 31.3 Å². The Balaban J connectivity index is 1.47. The number of nitrogens with zero attached hydrogens (tertiary/aromatic N) is 2. The van der Waals surface area contributed by atoms with E-state index < -0.39 is 62.3 Å². The molecule has 3 N–H and O–H groups in total. The van der Waals surface area contributed by atoms with Gasteiger partial charge >= 0.3 is 19.4 Å².